The number of hydrogen-bond donors (Lipinski definition) is 0. The highest BCUT2D eigenvalue weighted by Crippen LogP contribution is 2.61. The van der Waals surface area contributed by atoms with E-state index >= 15 is 0 Å². The molecule has 6 aromatic rings. The van der Waals surface area contributed by atoms with Crippen LogP contribution in [0.25, 0.3) is 57.4 Å². The van der Waals surface area contributed by atoms with Crippen LogP contribution in [0.1, 0.15) is 91.5 Å². The van der Waals surface area contributed by atoms with Crippen LogP contribution in [-0.4, -0.2) is 11.6 Å². The second-order valence-corrected chi connectivity index (χ2v) is 20.3. The number of carbonyl (C=O) groups is 2. The lowest BCUT2D eigenvalue weighted by molar-refractivity contribution is 0.103. The molecule has 6 nitrogen and oxygen atoms in total. The molecule has 0 fully saturated rings. The molecule has 14 heteroatoms. The summed E-state index contributed by atoms with van der Waals surface area (Å²) in [6.45, 7) is 16.1. The summed E-state index contributed by atoms with van der Waals surface area (Å²) in [6.07, 6.45) is 3.19. The Hall–Kier alpha value is -6.78. The van der Waals surface area contributed by atoms with Gasteiger partial charge in [0.15, 0.2) is 34.8 Å². The highest BCUT2D eigenvalue weighted by atomic mass is 32.1. The molecule has 4 heterocycles. The Morgan fingerprint density at radius 2 is 0.935 bits per heavy atom. The molecular weight excluding hydrogens is 869 g/mol. The van der Waals surface area contributed by atoms with Crippen molar-refractivity contribution >= 4 is 80.2 Å². The third-order valence-corrected chi connectivity index (χ3v) is 17.0. The van der Waals surface area contributed by atoms with Crippen LogP contribution >= 0.6 is 45.3 Å². The number of carbonyl (C=O) groups excluding carboxylic acids is 2. The average Bonchev–Trinajstić information content (AvgIpc) is 4.11. The standard InChI is InChI=1S/C48H22F4N4O2S4/c1-47(2)28-8-20(6-26-39(19(16-53)17-54)22-10-32(49)34(51)12-24(22)41(26)57)59-43(28)45-30(47)14-37(61-45)38-15-31-46(62-38)44-29(48(31,3)4)9-21(60-44)7-27-40(36(18-55)56-5)23-11-33(50)35(52)13-25(23)42(27)58/h6-15H,1-4H3/b26-6-,27-7-,40-36?. The van der Waals surface area contributed by atoms with E-state index in [1.54, 1.807) is 47.0 Å². The molecule has 62 heavy (non-hydrogen) atoms. The molecule has 0 saturated heterocycles. The molecular formula is C48H22F4N4O2S4. The summed E-state index contributed by atoms with van der Waals surface area (Å²) in [7, 11) is 0. The normalized spacial score (nSPS) is 17.8. The van der Waals surface area contributed by atoms with Crippen molar-refractivity contribution < 1.29 is 27.2 Å². The van der Waals surface area contributed by atoms with Crippen LogP contribution in [0.4, 0.5) is 17.6 Å². The topological polar surface area (TPSA) is 110 Å². The highest BCUT2D eigenvalue weighted by Gasteiger charge is 2.43. The average molecular weight is 891 g/mol. The molecule has 4 aliphatic rings. The Bertz CT molecular complexity index is 3240. The van der Waals surface area contributed by atoms with E-state index in [1.807, 2.05) is 18.2 Å². The van der Waals surface area contributed by atoms with Crippen LogP contribution in [0.15, 0.2) is 70.9 Å². The van der Waals surface area contributed by atoms with E-state index in [9.17, 15) is 42.9 Å². The van der Waals surface area contributed by atoms with Gasteiger partial charge in [0, 0.05) is 83.3 Å². The van der Waals surface area contributed by atoms with Gasteiger partial charge in [-0.05, 0) is 94.1 Å². The van der Waals surface area contributed by atoms with Gasteiger partial charge in [-0.3, -0.25) is 9.59 Å². The maximum absolute atomic E-state index is 14.4. The molecule has 10 rings (SSSR count). The third kappa shape index (κ3) is 5.32. The number of nitriles is 3. The second-order valence-electron chi connectivity index (χ2n) is 16.1. The molecule has 2 aromatic carbocycles. The van der Waals surface area contributed by atoms with E-state index in [2.05, 4.69) is 44.7 Å². The largest absolute Gasteiger partial charge is 0.289 e. The number of nitrogens with zero attached hydrogens (tertiary/aromatic N) is 4. The summed E-state index contributed by atoms with van der Waals surface area (Å²) in [5.41, 5.74) is 2.59. The van der Waals surface area contributed by atoms with Gasteiger partial charge in [0.25, 0.3) is 5.70 Å². The van der Waals surface area contributed by atoms with Crippen LogP contribution in [0.2, 0.25) is 0 Å². The zero-order valence-corrected chi connectivity index (χ0v) is 35.8. The molecule has 0 spiro atoms. The molecule has 0 radical (unpaired) electrons. The summed E-state index contributed by atoms with van der Waals surface area (Å²) in [4.78, 5) is 38.2. The number of rotatable bonds is 3. The first kappa shape index (κ1) is 39.4. The van der Waals surface area contributed by atoms with E-state index in [4.69, 9.17) is 6.57 Å². The summed E-state index contributed by atoms with van der Waals surface area (Å²) in [5.74, 6) is -5.97. The smallest absolute Gasteiger partial charge is 0.270 e. The van der Waals surface area contributed by atoms with Gasteiger partial charge >= 0.3 is 0 Å². The monoisotopic (exact) mass is 890 g/mol. The van der Waals surface area contributed by atoms with Gasteiger partial charge in [0.05, 0.1) is 12.6 Å². The Morgan fingerprint density at radius 3 is 1.34 bits per heavy atom. The van der Waals surface area contributed by atoms with Crippen molar-refractivity contribution in [3.63, 3.8) is 0 Å². The minimum absolute atomic E-state index is 0.00408. The van der Waals surface area contributed by atoms with Crippen LogP contribution in [0, 0.1) is 63.8 Å². The van der Waals surface area contributed by atoms with E-state index in [1.165, 1.54) is 22.7 Å². The minimum Gasteiger partial charge on any atom is -0.289 e. The van der Waals surface area contributed by atoms with Crippen LogP contribution < -0.4 is 0 Å². The predicted octanol–water partition coefficient (Wildman–Crippen LogP) is 13.3. The van der Waals surface area contributed by atoms with E-state index < -0.39 is 45.7 Å². The summed E-state index contributed by atoms with van der Waals surface area (Å²) in [5, 5.41) is 29.3. The van der Waals surface area contributed by atoms with E-state index in [0.717, 1.165) is 75.8 Å². The first-order valence-electron chi connectivity index (χ1n) is 18.7. The number of thiophene rings is 4. The summed E-state index contributed by atoms with van der Waals surface area (Å²) >= 11 is 6.22. The van der Waals surface area contributed by atoms with Crippen molar-refractivity contribution in [1.82, 2.24) is 0 Å². The zero-order valence-electron chi connectivity index (χ0n) is 32.5. The SMILES string of the molecule is [C-]#[N+]C(C#N)=C1/C(=C/c2cc3c(s2)-c2sc(-c4cc5c(s4)-c4sc(/C=C6\C(=O)c7cc(F)c(F)cc7C6=C(C#N)C#N)cc4C5(C)C)cc2C3(C)C)C(=O)c2cc(F)c(F)cc21. The van der Waals surface area contributed by atoms with Crippen molar-refractivity contribution in [2.75, 3.05) is 0 Å². The van der Waals surface area contributed by atoms with Gasteiger partial charge in [0.1, 0.15) is 17.7 Å². The first-order valence-corrected chi connectivity index (χ1v) is 22.0. The van der Waals surface area contributed by atoms with Gasteiger partial charge in [0.2, 0.25) is 0 Å². The van der Waals surface area contributed by atoms with Crippen LogP contribution in [-0.2, 0) is 10.8 Å². The number of fused-ring (bicyclic) bond motifs is 8. The van der Waals surface area contributed by atoms with Crippen LogP contribution in [0.5, 0.6) is 0 Å². The predicted molar refractivity (Wildman–Crippen MR) is 233 cm³/mol. The van der Waals surface area contributed by atoms with E-state index in [0.29, 0.717) is 9.75 Å². The Kier molecular flexibility index (Phi) is 8.48. The second kappa shape index (κ2) is 13.4. The number of benzene rings is 2. The molecule has 4 aliphatic carbocycles. The molecule has 0 N–H and O–H groups in total. The number of hydrogen-bond acceptors (Lipinski definition) is 9. The number of allylic oxidation sites excluding steroid dienone is 6. The first-order chi connectivity index (χ1) is 29.5. The molecule has 0 saturated carbocycles. The fourth-order valence-electron chi connectivity index (χ4n) is 8.86. The Labute approximate surface area is 367 Å². The summed E-state index contributed by atoms with van der Waals surface area (Å²) in [6, 6.07) is 17.1. The molecule has 0 atom stereocenters. The number of Topliss-reactive ketones (excluding diaryl/α,β-unsaturated/α-hetero) is 2. The summed E-state index contributed by atoms with van der Waals surface area (Å²) < 4.78 is 57.3. The maximum Gasteiger partial charge on any atom is 0.270 e. The Balaban J connectivity index is 1.02. The van der Waals surface area contributed by atoms with Gasteiger partial charge < -0.3 is 0 Å². The molecule has 0 aliphatic heterocycles. The fraction of sp³-hybridized carbons (Fsp3) is 0.125. The molecule has 0 amide bonds. The lowest BCUT2D eigenvalue weighted by atomic mass is 9.83. The van der Waals surface area contributed by atoms with Crippen molar-refractivity contribution in [3.8, 4) is 47.5 Å². The van der Waals surface area contributed by atoms with Gasteiger partial charge in [-0.2, -0.15) is 10.5 Å². The lowest BCUT2D eigenvalue weighted by Crippen LogP contribution is -2.14. The molecule has 298 valence electrons. The lowest BCUT2D eigenvalue weighted by Gasteiger charge is -2.19. The van der Waals surface area contributed by atoms with Crippen molar-refractivity contribution in [1.29, 1.82) is 15.8 Å². The van der Waals surface area contributed by atoms with Crippen molar-refractivity contribution in [3.05, 3.63) is 160 Å². The molecule has 4 aromatic heterocycles. The fourth-order valence-corrected chi connectivity index (χ4v) is 14.4. The van der Waals surface area contributed by atoms with Gasteiger partial charge in [-0.1, -0.05) is 27.7 Å². The van der Waals surface area contributed by atoms with Crippen molar-refractivity contribution in [2.45, 2.75) is 38.5 Å². The molecule has 0 unspecified atom stereocenters. The third-order valence-electron chi connectivity index (χ3n) is 12.0. The molecule has 0 bridgehead atoms. The zero-order chi connectivity index (χ0) is 43.9. The van der Waals surface area contributed by atoms with Gasteiger partial charge in [-0.15, -0.1) is 45.3 Å². The number of ketones is 2. The number of halogens is 4. The van der Waals surface area contributed by atoms with Crippen molar-refractivity contribution in [2.24, 2.45) is 0 Å². The minimum atomic E-state index is -1.20. The van der Waals surface area contributed by atoms with E-state index in [-0.39, 0.29) is 55.8 Å². The van der Waals surface area contributed by atoms with Crippen LogP contribution in [0.3, 0.4) is 0 Å². The van der Waals surface area contributed by atoms with Gasteiger partial charge in [-0.25, -0.2) is 27.7 Å². The maximum atomic E-state index is 14.4. The highest BCUT2D eigenvalue weighted by molar-refractivity contribution is 7.29. The quantitative estimate of drug-likeness (QED) is 0.0761. The Morgan fingerprint density at radius 1 is 0.565 bits per heavy atom.